The number of hydrogen-bond donors (Lipinski definition) is 0. The molecule has 0 aliphatic carbocycles. The third kappa shape index (κ3) is 11.6. The quantitative estimate of drug-likeness (QED) is 0.512. The predicted octanol–water partition coefficient (Wildman–Crippen LogP) is 2.82. The average Bonchev–Trinajstić information content (AvgIpc) is 2.07. The van der Waals surface area contributed by atoms with E-state index in [1.165, 1.54) is 0 Å². The molecule has 16 heavy (non-hydrogen) atoms. The minimum absolute atomic E-state index is 0.163. The SMILES string of the molecule is CC(=O)CCCCSCC(=O)OC(C)(C)C. The van der Waals surface area contributed by atoms with Crippen LogP contribution in [0.4, 0.5) is 0 Å². The Hall–Kier alpha value is -0.510. The molecule has 0 bridgehead atoms. The number of esters is 1. The highest BCUT2D eigenvalue weighted by molar-refractivity contribution is 7.99. The molecule has 0 aromatic heterocycles. The summed E-state index contributed by atoms with van der Waals surface area (Å²) in [7, 11) is 0. The second-order valence-electron chi connectivity index (χ2n) is 4.80. The summed E-state index contributed by atoms with van der Waals surface area (Å²) in [6.45, 7) is 7.20. The van der Waals surface area contributed by atoms with Crippen LogP contribution in [0.5, 0.6) is 0 Å². The van der Waals surface area contributed by atoms with E-state index in [0.29, 0.717) is 12.2 Å². The van der Waals surface area contributed by atoms with Gasteiger partial charge in [0, 0.05) is 6.42 Å². The van der Waals surface area contributed by atoms with E-state index in [-0.39, 0.29) is 11.8 Å². The molecule has 0 aliphatic rings. The number of Topliss-reactive ketones (excluding diaryl/α,β-unsaturated/α-hetero) is 1. The monoisotopic (exact) mass is 246 g/mol. The van der Waals surface area contributed by atoms with Gasteiger partial charge in [-0.1, -0.05) is 0 Å². The molecule has 94 valence electrons. The number of carbonyl (C=O) groups excluding carboxylic acids is 2. The highest BCUT2D eigenvalue weighted by Crippen LogP contribution is 2.11. The molecule has 0 heterocycles. The second-order valence-corrected chi connectivity index (χ2v) is 5.90. The number of ether oxygens (including phenoxy) is 1. The summed E-state index contributed by atoms with van der Waals surface area (Å²) in [6.07, 6.45) is 2.54. The van der Waals surface area contributed by atoms with Crippen molar-refractivity contribution in [2.75, 3.05) is 11.5 Å². The number of unbranched alkanes of at least 4 members (excludes halogenated alkanes) is 1. The van der Waals surface area contributed by atoms with Crippen LogP contribution in [0.25, 0.3) is 0 Å². The first-order chi connectivity index (χ1) is 7.31. The van der Waals surface area contributed by atoms with Crippen LogP contribution in [0.2, 0.25) is 0 Å². The summed E-state index contributed by atoms with van der Waals surface area (Å²) in [6, 6.07) is 0. The zero-order chi connectivity index (χ0) is 12.6. The maximum absolute atomic E-state index is 11.3. The van der Waals surface area contributed by atoms with Crippen molar-refractivity contribution in [1.29, 1.82) is 0 Å². The van der Waals surface area contributed by atoms with Gasteiger partial charge in [0.25, 0.3) is 0 Å². The van der Waals surface area contributed by atoms with Gasteiger partial charge in [0.2, 0.25) is 0 Å². The number of thioether (sulfide) groups is 1. The molecule has 4 heteroatoms. The van der Waals surface area contributed by atoms with Gasteiger partial charge in [-0.2, -0.15) is 11.8 Å². The Balaban J connectivity index is 3.38. The molecule has 0 saturated carbocycles. The van der Waals surface area contributed by atoms with E-state index in [0.717, 1.165) is 18.6 Å². The predicted molar refractivity (Wildman–Crippen MR) is 67.7 cm³/mol. The first-order valence-electron chi connectivity index (χ1n) is 5.60. The first-order valence-corrected chi connectivity index (χ1v) is 6.76. The molecule has 0 rings (SSSR count). The number of hydrogen-bond acceptors (Lipinski definition) is 4. The van der Waals surface area contributed by atoms with Gasteiger partial charge in [0.15, 0.2) is 0 Å². The summed E-state index contributed by atoms with van der Waals surface area (Å²) in [4.78, 5) is 22.0. The molecule has 0 aromatic rings. The third-order valence-corrected chi connectivity index (χ3v) is 2.72. The molecule has 0 amide bonds. The molecular weight excluding hydrogens is 224 g/mol. The molecule has 0 aliphatic heterocycles. The highest BCUT2D eigenvalue weighted by Gasteiger charge is 2.15. The second kappa shape index (κ2) is 7.71. The Morgan fingerprint density at radius 2 is 1.81 bits per heavy atom. The molecule has 0 fully saturated rings. The molecule has 0 atom stereocenters. The van der Waals surface area contributed by atoms with Crippen LogP contribution in [0, 0.1) is 0 Å². The van der Waals surface area contributed by atoms with Crippen molar-refractivity contribution < 1.29 is 14.3 Å². The van der Waals surface area contributed by atoms with Crippen LogP contribution in [-0.2, 0) is 14.3 Å². The maximum Gasteiger partial charge on any atom is 0.316 e. The Morgan fingerprint density at radius 1 is 1.19 bits per heavy atom. The van der Waals surface area contributed by atoms with Crippen molar-refractivity contribution in [2.24, 2.45) is 0 Å². The Bertz CT molecular complexity index is 231. The zero-order valence-electron chi connectivity index (χ0n) is 10.7. The lowest BCUT2D eigenvalue weighted by Gasteiger charge is -2.19. The smallest absolute Gasteiger partial charge is 0.316 e. The van der Waals surface area contributed by atoms with Gasteiger partial charge in [-0.3, -0.25) is 4.79 Å². The first kappa shape index (κ1) is 15.5. The van der Waals surface area contributed by atoms with E-state index in [1.54, 1.807) is 18.7 Å². The van der Waals surface area contributed by atoms with E-state index < -0.39 is 5.60 Å². The fraction of sp³-hybridized carbons (Fsp3) is 0.833. The van der Waals surface area contributed by atoms with Crippen molar-refractivity contribution >= 4 is 23.5 Å². The number of rotatable bonds is 7. The standard InChI is InChI=1S/C12H22O3S/c1-10(13)7-5-6-8-16-9-11(14)15-12(2,3)4/h5-9H2,1-4H3. The lowest BCUT2D eigenvalue weighted by atomic mass is 10.2. The fourth-order valence-electron chi connectivity index (χ4n) is 1.10. The largest absolute Gasteiger partial charge is 0.459 e. The summed E-state index contributed by atoms with van der Waals surface area (Å²) >= 11 is 1.57. The van der Waals surface area contributed by atoms with Gasteiger partial charge in [0.05, 0.1) is 5.75 Å². The van der Waals surface area contributed by atoms with E-state index in [1.807, 2.05) is 20.8 Å². The lowest BCUT2D eigenvalue weighted by molar-refractivity contribution is -0.151. The third-order valence-electron chi connectivity index (χ3n) is 1.71. The minimum atomic E-state index is -0.397. The molecule has 0 aromatic carbocycles. The highest BCUT2D eigenvalue weighted by atomic mass is 32.2. The van der Waals surface area contributed by atoms with Crippen LogP contribution in [0.1, 0.15) is 47.0 Å². The lowest BCUT2D eigenvalue weighted by Crippen LogP contribution is -2.25. The maximum atomic E-state index is 11.3. The van der Waals surface area contributed by atoms with Gasteiger partial charge in [-0.15, -0.1) is 0 Å². The summed E-state index contributed by atoms with van der Waals surface area (Å²) in [5.41, 5.74) is -0.397. The van der Waals surface area contributed by atoms with E-state index in [4.69, 9.17) is 4.74 Å². The van der Waals surface area contributed by atoms with Crippen molar-refractivity contribution in [3.8, 4) is 0 Å². The molecule has 3 nitrogen and oxygen atoms in total. The molecule has 0 unspecified atom stereocenters. The van der Waals surface area contributed by atoms with Gasteiger partial charge in [-0.25, -0.2) is 0 Å². The van der Waals surface area contributed by atoms with Crippen molar-refractivity contribution in [1.82, 2.24) is 0 Å². The summed E-state index contributed by atoms with van der Waals surface area (Å²) in [5, 5.41) is 0. The van der Waals surface area contributed by atoms with E-state index in [2.05, 4.69) is 0 Å². The van der Waals surface area contributed by atoms with Gasteiger partial charge < -0.3 is 9.53 Å². The number of ketones is 1. The van der Waals surface area contributed by atoms with Gasteiger partial charge in [-0.05, 0) is 46.3 Å². The van der Waals surface area contributed by atoms with Crippen molar-refractivity contribution in [2.45, 2.75) is 52.6 Å². The van der Waals surface area contributed by atoms with Crippen molar-refractivity contribution in [3.63, 3.8) is 0 Å². The van der Waals surface area contributed by atoms with Crippen molar-refractivity contribution in [3.05, 3.63) is 0 Å². The molecule has 0 radical (unpaired) electrons. The van der Waals surface area contributed by atoms with Crippen LogP contribution < -0.4 is 0 Å². The van der Waals surface area contributed by atoms with Gasteiger partial charge >= 0.3 is 5.97 Å². The Kier molecular flexibility index (Phi) is 7.47. The van der Waals surface area contributed by atoms with Crippen LogP contribution in [0.15, 0.2) is 0 Å². The summed E-state index contributed by atoms with van der Waals surface area (Å²) < 4.78 is 5.17. The zero-order valence-corrected chi connectivity index (χ0v) is 11.5. The average molecular weight is 246 g/mol. The minimum Gasteiger partial charge on any atom is -0.459 e. The molecular formula is C12H22O3S. The fourth-order valence-corrected chi connectivity index (χ4v) is 1.88. The van der Waals surface area contributed by atoms with Crippen LogP contribution in [-0.4, -0.2) is 28.9 Å². The van der Waals surface area contributed by atoms with Crippen LogP contribution in [0.3, 0.4) is 0 Å². The summed E-state index contributed by atoms with van der Waals surface area (Å²) in [5.74, 6) is 1.38. The molecule has 0 N–H and O–H groups in total. The topological polar surface area (TPSA) is 43.4 Å². The van der Waals surface area contributed by atoms with Crippen LogP contribution >= 0.6 is 11.8 Å². The van der Waals surface area contributed by atoms with E-state index >= 15 is 0 Å². The molecule has 0 saturated heterocycles. The normalized spacial score (nSPS) is 11.2. The Labute approximate surface area is 102 Å². The van der Waals surface area contributed by atoms with E-state index in [9.17, 15) is 9.59 Å². The van der Waals surface area contributed by atoms with Gasteiger partial charge in [0.1, 0.15) is 11.4 Å². The Morgan fingerprint density at radius 3 is 2.31 bits per heavy atom. The number of carbonyl (C=O) groups is 2. The molecule has 0 spiro atoms.